The number of ether oxygens (including phenoxy) is 1. The lowest BCUT2D eigenvalue weighted by Gasteiger charge is -2.18. The Balaban J connectivity index is 1.64. The SMILES string of the molecule is Cc1cccc(C)c1NC(=O)CN(C)C(=O)COC(=O)CCCNC(=O)c1ccco1. The smallest absolute Gasteiger partial charge is 0.306 e. The van der Waals surface area contributed by atoms with Gasteiger partial charge in [-0.05, 0) is 43.5 Å². The first-order valence-electron chi connectivity index (χ1n) is 9.85. The molecular weight excluding hydrogens is 402 g/mol. The molecule has 0 fully saturated rings. The molecule has 1 aromatic carbocycles. The average Bonchev–Trinajstić information content (AvgIpc) is 3.27. The first-order chi connectivity index (χ1) is 14.8. The average molecular weight is 429 g/mol. The van der Waals surface area contributed by atoms with Crippen molar-refractivity contribution in [3.63, 3.8) is 0 Å². The Hall–Kier alpha value is -3.62. The van der Waals surface area contributed by atoms with Gasteiger partial charge in [0.2, 0.25) is 5.91 Å². The van der Waals surface area contributed by atoms with Crippen LogP contribution in [0, 0.1) is 13.8 Å². The largest absolute Gasteiger partial charge is 0.459 e. The zero-order chi connectivity index (χ0) is 22.8. The fourth-order valence-corrected chi connectivity index (χ4v) is 2.75. The van der Waals surface area contributed by atoms with Crippen LogP contribution in [0.4, 0.5) is 5.69 Å². The molecule has 1 aromatic heterocycles. The van der Waals surface area contributed by atoms with E-state index < -0.39 is 18.5 Å². The molecule has 0 unspecified atom stereocenters. The van der Waals surface area contributed by atoms with E-state index in [0.29, 0.717) is 6.42 Å². The molecule has 0 saturated carbocycles. The second-order valence-corrected chi connectivity index (χ2v) is 7.06. The van der Waals surface area contributed by atoms with E-state index in [4.69, 9.17) is 9.15 Å². The molecule has 0 spiro atoms. The number of para-hydroxylation sites is 1. The van der Waals surface area contributed by atoms with Crippen LogP contribution in [0.15, 0.2) is 41.0 Å². The number of carbonyl (C=O) groups excluding carboxylic acids is 4. The Kier molecular flexibility index (Phi) is 8.80. The Morgan fingerprint density at radius 2 is 1.77 bits per heavy atom. The maximum Gasteiger partial charge on any atom is 0.306 e. The van der Waals surface area contributed by atoms with Crippen molar-refractivity contribution in [2.45, 2.75) is 26.7 Å². The molecule has 0 aliphatic heterocycles. The number of carbonyl (C=O) groups is 4. The van der Waals surface area contributed by atoms with Crippen LogP contribution in [0.1, 0.15) is 34.5 Å². The number of likely N-dealkylation sites (N-methyl/N-ethyl adjacent to an activating group) is 1. The van der Waals surface area contributed by atoms with Gasteiger partial charge in [0.25, 0.3) is 11.8 Å². The van der Waals surface area contributed by atoms with Gasteiger partial charge in [0.15, 0.2) is 12.4 Å². The summed E-state index contributed by atoms with van der Waals surface area (Å²) in [6.07, 6.45) is 1.80. The first-order valence-corrected chi connectivity index (χ1v) is 9.85. The lowest BCUT2D eigenvalue weighted by molar-refractivity contribution is -0.151. The van der Waals surface area contributed by atoms with Crippen molar-refractivity contribution in [3.8, 4) is 0 Å². The maximum atomic E-state index is 12.2. The minimum absolute atomic E-state index is 0.0441. The normalized spacial score (nSPS) is 10.3. The van der Waals surface area contributed by atoms with Gasteiger partial charge in [-0.2, -0.15) is 0 Å². The molecule has 166 valence electrons. The molecule has 0 bridgehead atoms. The van der Waals surface area contributed by atoms with E-state index in [1.165, 1.54) is 24.3 Å². The summed E-state index contributed by atoms with van der Waals surface area (Å²) in [4.78, 5) is 49.0. The topological polar surface area (TPSA) is 118 Å². The number of rotatable bonds is 10. The molecule has 3 amide bonds. The minimum atomic E-state index is -0.561. The molecule has 0 radical (unpaired) electrons. The van der Waals surface area contributed by atoms with Crippen LogP contribution in [0.3, 0.4) is 0 Å². The van der Waals surface area contributed by atoms with Gasteiger partial charge in [0, 0.05) is 25.7 Å². The summed E-state index contributed by atoms with van der Waals surface area (Å²) in [6.45, 7) is 3.42. The number of anilines is 1. The van der Waals surface area contributed by atoms with Crippen molar-refractivity contribution in [2.75, 3.05) is 32.1 Å². The van der Waals surface area contributed by atoms with Crippen LogP contribution in [-0.2, 0) is 19.1 Å². The highest BCUT2D eigenvalue weighted by atomic mass is 16.5. The molecule has 0 atom stereocenters. The summed E-state index contributed by atoms with van der Waals surface area (Å²) >= 11 is 0. The van der Waals surface area contributed by atoms with Crippen molar-refractivity contribution in [1.29, 1.82) is 0 Å². The van der Waals surface area contributed by atoms with Gasteiger partial charge >= 0.3 is 5.97 Å². The second-order valence-electron chi connectivity index (χ2n) is 7.06. The Bertz CT molecular complexity index is 903. The van der Waals surface area contributed by atoms with Crippen LogP contribution in [0.25, 0.3) is 0 Å². The van der Waals surface area contributed by atoms with Gasteiger partial charge in [-0.25, -0.2) is 0 Å². The molecule has 0 aliphatic rings. The lowest BCUT2D eigenvalue weighted by Crippen LogP contribution is -2.37. The summed E-state index contributed by atoms with van der Waals surface area (Å²) in [5, 5.41) is 5.41. The fraction of sp³-hybridized carbons (Fsp3) is 0.364. The first kappa shape index (κ1) is 23.7. The van der Waals surface area contributed by atoms with E-state index in [-0.39, 0.29) is 37.1 Å². The van der Waals surface area contributed by atoms with Crippen LogP contribution < -0.4 is 10.6 Å². The van der Waals surface area contributed by atoms with Gasteiger partial charge in [0.1, 0.15) is 0 Å². The molecule has 0 saturated heterocycles. The third-order valence-corrected chi connectivity index (χ3v) is 4.50. The number of furan rings is 1. The summed E-state index contributed by atoms with van der Waals surface area (Å²) in [5.74, 6) is -1.57. The molecule has 1 heterocycles. The summed E-state index contributed by atoms with van der Waals surface area (Å²) < 4.78 is 9.91. The predicted molar refractivity (Wildman–Crippen MR) is 113 cm³/mol. The van der Waals surface area contributed by atoms with Gasteiger partial charge in [0.05, 0.1) is 12.8 Å². The van der Waals surface area contributed by atoms with Crippen molar-refractivity contribution in [1.82, 2.24) is 10.2 Å². The number of benzene rings is 1. The molecule has 2 rings (SSSR count). The van der Waals surface area contributed by atoms with Gasteiger partial charge < -0.3 is 24.7 Å². The Morgan fingerprint density at radius 3 is 2.42 bits per heavy atom. The number of amides is 3. The van der Waals surface area contributed by atoms with E-state index in [1.807, 2.05) is 32.0 Å². The van der Waals surface area contributed by atoms with Gasteiger partial charge in [-0.3, -0.25) is 19.2 Å². The van der Waals surface area contributed by atoms with Crippen molar-refractivity contribution in [2.24, 2.45) is 0 Å². The maximum absolute atomic E-state index is 12.2. The Labute approximate surface area is 180 Å². The highest BCUT2D eigenvalue weighted by molar-refractivity contribution is 5.96. The number of nitrogens with zero attached hydrogens (tertiary/aromatic N) is 1. The second kappa shape index (κ2) is 11.5. The van der Waals surface area contributed by atoms with E-state index in [9.17, 15) is 19.2 Å². The van der Waals surface area contributed by atoms with E-state index in [0.717, 1.165) is 16.8 Å². The van der Waals surface area contributed by atoms with E-state index in [2.05, 4.69) is 10.6 Å². The van der Waals surface area contributed by atoms with Crippen LogP contribution in [-0.4, -0.2) is 55.3 Å². The van der Waals surface area contributed by atoms with Gasteiger partial charge in [-0.15, -0.1) is 0 Å². The summed E-state index contributed by atoms with van der Waals surface area (Å²) in [6, 6.07) is 8.82. The fourth-order valence-electron chi connectivity index (χ4n) is 2.75. The molecule has 0 aliphatic carbocycles. The minimum Gasteiger partial charge on any atom is -0.459 e. The van der Waals surface area contributed by atoms with Crippen molar-refractivity contribution < 1.29 is 28.3 Å². The monoisotopic (exact) mass is 429 g/mol. The zero-order valence-corrected chi connectivity index (χ0v) is 17.9. The molecule has 9 nitrogen and oxygen atoms in total. The van der Waals surface area contributed by atoms with Crippen molar-refractivity contribution in [3.05, 3.63) is 53.5 Å². The zero-order valence-electron chi connectivity index (χ0n) is 17.9. The van der Waals surface area contributed by atoms with Crippen molar-refractivity contribution >= 4 is 29.4 Å². The van der Waals surface area contributed by atoms with E-state index in [1.54, 1.807) is 6.07 Å². The number of hydrogen-bond donors (Lipinski definition) is 2. The molecule has 9 heteroatoms. The number of aryl methyl sites for hydroxylation is 2. The lowest BCUT2D eigenvalue weighted by atomic mass is 10.1. The quantitative estimate of drug-likeness (QED) is 0.441. The van der Waals surface area contributed by atoms with Crippen LogP contribution >= 0.6 is 0 Å². The number of nitrogens with one attached hydrogen (secondary N) is 2. The molecule has 31 heavy (non-hydrogen) atoms. The number of hydrogen-bond acceptors (Lipinski definition) is 6. The third-order valence-electron chi connectivity index (χ3n) is 4.50. The third kappa shape index (κ3) is 7.61. The Morgan fingerprint density at radius 1 is 1.06 bits per heavy atom. The van der Waals surface area contributed by atoms with E-state index >= 15 is 0 Å². The molecular formula is C22H27N3O6. The number of esters is 1. The van der Waals surface area contributed by atoms with Gasteiger partial charge in [-0.1, -0.05) is 18.2 Å². The summed E-state index contributed by atoms with van der Waals surface area (Å²) in [7, 11) is 1.46. The highest BCUT2D eigenvalue weighted by Gasteiger charge is 2.16. The highest BCUT2D eigenvalue weighted by Crippen LogP contribution is 2.19. The standard InChI is InChI=1S/C22H27N3O6/c1-15-7-4-8-16(2)21(15)24-18(26)13-25(3)19(27)14-31-20(28)10-5-11-23-22(29)17-9-6-12-30-17/h4,6-9,12H,5,10-11,13-14H2,1-3H3,(H,23,29)(H,24,26). The van der Waals surface area contributed by atoms with Crippen LogP contribution in [0.5, 0.6) is 0 Å². The molecule has 2 N–H and O–H groups in total. The predicted octanol–water partition coefficient (Wildman–Crippen LogP) is 2.05. The summed E-state index contributed by atoms with van der Waals surface area (Å²) in [5.41, 5.74) is 2.58. The molecule has 2 aromatic rings. The van der Waals surface area contributed by atoms with Crippen LogP contribution in [0.2, 0.25) is 0 Å².